The van der Waals surface area contributed by atoms with Crippen molar-refractivity contribution in [2.24, 2.45) is 0 Å². The molecule has 108 valence electrons. The van der Waals surface area contributed by atoms with Crippen molar-refractivity contribution in [3.63, 3.8) is 0 Å². The van der Waals surface area contributed by atoms with Crippen molar-refractivity contribution in [1.82, 2.24) is 24.6 Å². The highest BCUT2D eigenvalue weighted by atomic mass is 32.1. The first-order chi connectivity index (χ1) is 10.1. The van der Waals surface area contributed by atoms with Crippen molar-refractivity contribution in [1.29, 1.82) is 0 Å². The second kappa shape index (κ2) is 5.53. The van der Waals surface area contributed by atoms with Gasteiger partial charge in [-0.05, 0) is 30.5 Å². The summed E-state index contributed by atoms with van der Waals surface area (Å²) < 4.78 is 1.94. The van der Waals surface area contributed by atoms with Crippen LogP contribution in [0.5, 0.6) is 0 Å². The topological polar surface area (TPSA) is 66.8 Å². The lowest BCUT2D eigenvalue weighted by Crippen LogP contribution is -2.26. The van der Waals surface area contributed by atoms with Crippen LogP contribution in [0.1, 0.15) is 21.3 Å². The number of thiophene rings is 1. The summed E-state index contributed by atoms with van der Waals surface area (Å²) in [5, 5.41) is 8.76. The van der Waals surface area contributed by atoms with E-state index in [9.17, 15) is 4.79 Å². The van der Waals surface area contributed by atoms with Crippen LogP contribution in [0.15, 0.2) is 36.0 Å². The number of nitrogens with one attached hydrogen (secondary N) is 1. The molecule has 0 bridgehead atoms. The van der Waals surface area contributed by atoms with Gasteiger partial charge in [-0.1, -0.05) is 0 Å². The molecule has 3 rings (SSSR count). The van der Waals surface area contributed by atoms with Gasteiger partial charge in [0.15, 0.2) is 5.82 Å². The Morgan fingerprint density at radius 3 is 2.86 bits per heavy atom. The molecule has 3 aromatic heterocycles. The molecular formula is C14H15N5OS. The first-order valence-electron chi connectivity index (χ1n) is 6.49. The highest BCUT2D eigenvalue weighted by Gasteiger charge is 2.19. The molecule has 0 spiro atoms. The Bertz CT molecular complexity index is 743. The average molecular weight is 301 g/mol. The quantitative estimate of drug-likeness (QED) is 0.803. The largest absolute Gasteiger partial charge is 0.333 e. The maximum atomic E-state index is 12.6. The maximum Gasteiger partial charge on any atom is 0.266 e. The number of aromatic amines is 1. The number of hydrogen-bond donors (Lipinski definition) is 1. The van der Waals surface area contributed by atoms with Crippen molar-refractivity contribution in [2.45, 2.75) is 13.5 Å². The van der Waals surface area contributed by atoms with Gasteiger partial charge in [-0.15, -0.1) is 11.3 Å². The summed E-state index contributed by atoms with van der Waals surface area (Å²) in [7, 11) is 1.76. The molecule has 3 heterocycles. The van der Waals surface area contributed by atoms with Crippen LogP contribution in [-0.4, -0.2) is 37.6 Å². The Morgan fingerprint density at radius 1 is 1.43 bits per heavy atom. The number of aromatic nitrogens is 4. The molecule has 0 atom stereocenters. The third kappa shape index (κ3) is 2.73. The van der Waals surface area contributed by atoms with E-state index >= 15 is 0 Å². The van der Waals surface area contributed by atoms with E-state index in [1.54, 1.807) is 11.9 Å². The van der Waals surface area contributed by atoms with E-state index in [2.05, 4.69) is 15.2 Å². The van der Waals surface area contributed by atoms with Gasteiger partial charge in [0.05, 0.1) is 12.2 Å². The third-order valence-electron chi connectivity index (χ3n) is 3.09. The molecule has 21 heavy (non-hydrogen) atoms. The lowest BCUT2D eigenvalue weighted by atomic mass is 10.3. The summed E-state index contributed by atoms with van der Waals surface area (Å²) in [5.74, 6) is 1.33. The van der Waals surface area contributed by atoms with Gasteiger partial charge < -0.3 is 9.47 Å². The molecule has 1 N–H and O–H groups in total. The summed E-state index contributed by atoms with van der Waals surface area (Å²) in [4.78, 5) is 19.2. The Morgan fingerprint density at radius 2 is 2.19 bits per heavy atom. The number of nitrogens with zero attached hydrogens (tertiary/aromatic N) is 4. The molecule has 0 unspecified atom stereocenters. The fourth-order valence-corrected chi connectivity index (χ4v) is 2.96. The van der Waals surface area contributed by atoms with E-state index in [1.165, 1.54) is 11.3 Å². The minimum atomic E-state index is -0.0313. The highest BCUT2D eigenvalue weighted by molar-refractivity contribution is 7.12. The van der Waals surface area contributed by atoms with Crippen LogP contribution in [0.25, 0.3) is 5.69 Å². The van der Waals surface area contributed by atoms with E-state index in [4.69, 9.17) is 0 Å². The fourth-order valence-electron chi connectivity index (χ4n) is 2.08. The van der Waals surface area contributed by atoms with Gasteiger partial charge in [-0.25, -0.2) is 4.98 Å². The van der Waals surface area contributed by atoms with Gasteiger partial charge in [0.25, 0.3) is 5.91 Å². The molecule has 1 amide bonds. The predicted molar refractivity (Wildman–Crippen MR) is 80.6 cm³/mol. The summed E-state index contributed by atoms with van der Waals surface area (Å²) in [5.41, 5.74) is 0.896. The molecule has 0 aromatic carbocycles. The van der Waals surface area contributed by atoms with Gasteiger partial charge in [-0.3, -0.25) is 9.89 Å². The second-order valence-corrected chi connectivity index (χ2v) is 5.64. The number of carbonyl (C=O) groups excluding carboxylic acids is 1. The zero-order chi connectivity index (χ0) is 14.8. The van der Waals surface area contributed by atoms with E-state index < -0.39 is 0 Å². The summed E-state index contributed by atoms with van der Waals surface area (Å²) >= 11 is 1.44. The van der Waals surface area contributed by atoms with Gasteiger partial charge in [0.1, 0.15) is 10.7 Å². The van der Waals surface area contributed by atoms with Gasteiger partial charge >= 0.3 is 0 Å². The van der Waals surface area contributed by atoms with Crippen molar-refractivity contribution in [3.05, 3.63) is 52.5 Å². The Labute approximate surface area is 126 Å². The van der Waals surface area contributed by atoms with Crippen LogP contribution < -0.4 is 0 Å². The second-order valence-electron chi connectivity index (χ2n) is 4.72. The zero-order valence-corrected chi connectivity index (χ0v) is 12.6. The third-order valence-corrected chi connectivity index (χ3v) is 3.98. The van der Waals surface area contributed by atoms with Crippen LogP contribution in [0.4, 0.5) is 0 Å². The van der Waals surface area contributed by atoms with Crippen LogP contribution in [-0.2, 0) is 6.54 Å². The summed E-state index contributed by atoms with van der Waals surface area (Å²) in [6.45, 7) is 2.22. The molecule has 0 saturated heterocycles. The van der Waals surface area contributed by atoms with Crippen molar-refractivity contribution >= 4 is 17.2 Å². The first-order valence-corrected chi connectivity index (χ1v) is 7.37. The molecule has 0 radical (unpaired) electrons. The number of amides is 1. The van der Waals surface area contributed by atoms with E-state index in [0.29, 0.717) is 17.2 Å². The molecular weight excluding hydrogens is 286 g/mol. The monoisotopic (exact) mass is 301 g/mol. The number of H-pyrrole nitrogens is 1. The molecule has 0 aliphatic carbocycles. The van der Waals surface area contributed by atoms with Crippen LogP contribution in [0, 0.1) is 6.92 Å². The minimum Gasteiger partial charge on any atom is -0.333 e. The Balaban J connectivity index is 1.81. The van der Waals surface area contributed by atoms with E-state index in [-0.39, 0.29) is 5.91 Å². The first kappa shape index (κ1) is 13.6. The van der Waals surface area contributed by atoms with E-state index in [0.717, 1.165) is 11.5 Å². The number of carbonyl (C=O) groups is 1. The zero-order valence-electron chi connectivity index (χ0n) is 11.8. The van der Waals surface area contributed by atoms with Crippen molar-refractivity contribution < 1.29 is 4.79 Å². The van der Waals surface area contributed by atoms with Crippen LogP contribution in [0.3, 0.4) is 0 Å². The highest BCUT2D eigenvalue weighted by Crippen LogP contribution is 2.23. The molecule has 0 fully saturated rings. The molecule has 0 aliphatic heterocycles. The number of rotatable bonds is 4. The van der Waals surface area contributed by atoms with Gasteiger partial charge in [0, 0.05) is 19.4 Å². The molecule has 0 aliphatic rings. The number of aryl methyl sites for hydroxylation is 1. The van der Waals surface area contributed by atoms with Crippen molar-refractivity contribution in [2.75, 3.05) is 7.05 Å². The predicted octanol–water partition coefficient (Wildman–Crippen LogP) is 2.24. The van der Waals surface area contributed by atoms with Crippen molar-refractivity contribution in [3.8, 4) is 5.69 Å². The summed E-state index contributed by atoms with van der Waals surface area (Å²) in [6, 6.07) is 5.82. The summed E-state index contributed by atoms with van der Waals surface area (Å²) in [6.07, 6.45) is 3.86. The Kier molecular flexibility index (Phi) is 3.57. The molecule has 0 saturated carbocycles. The molecule has 3 aromatic rings. The average Bonchev–Trinajstić information content (AvgIpc) is 3.18. The van der Waals surface area contributed by atoms with Gasteiger partial charge in [-0.2, -0.15) is 5.10 Å². The minimum absolute atomic E-state index is 0.0313. The normalized spacial score (nSPS) is 10.8. The molecule has 6 nitrogen and oxygen atoms in total. The Hall–Kier alpha value is -2.41. The van der Waals surface area contributed by atoms with Crippen LogP contribution in [0.2, 0.25) is 0 Å². The fraction of sp³-hybridized carbons (Fsp3) is 0.214. The maximum absolute atomic E-state index is 12.6. The van der Waals surface area contributed by atoms with Crippen LogP contribution >= 0.6 is 11.3 Å². The standard InChI is InChI=1S/C14H15N5OS/c1-10-15-12(17-16-10)9-18(2)14(20)13-11(5-8-21-13)19-6-3-4-7-19/h3-8H,9H2,1-2H3,(H,15,16,17). The SMILES string of the molecule is Cc1nc(CN(C)C(=O)c2sccc2-n2cccc2)n[nH]1. The van der Waals surface area contributed by atoms with Gasteiger partial charge in [0.2, 0.25) is 0 Å². The van der Waals surface area contributed by atoms with E-state index in [1.807, 2.05) is 47.5 Å². The molecule has 7 heteroatoms. The lowest BCUT2D eigenvalue weighted by Gasteiger charge is -2.15. The lowest BCUT2D eigenvalue weighted by molar-refractivity contribution is 0.0786. The smallest absolute Gasteiger partial charge is 0.266 e. The number of hydrogen-bond acceptors (Lipinski definition) is 4.